The smallest absolute Gasteiger partial charge is 0.254 e. The van der Waals surface area contributed by atoms with Gasteiger partial charge in [-0.05, 0) is 31.1 Å². The molecule has 1 saturated heterocycles. The van der Waals surface area contributed by atoms with Gasteiger partial charge in [0.1, 0.15) is 5.75 Å². The van der Waals surface area contributed by atoms with Crippen LogP contribution in [0.4, 0.5) is 0 Å². The standard InChI is InChI=1S/C25H31N3O3/c1-3-26-24(29)19-27-14-9-15-28(17-16-27)25(30)22(20-10-5-4-6-11-20)18-21-12-7-8-13-23(21)31-2/h4-8,10-13,18H,3,9,14-17,19H2,1-2H3,(H,26,29)/b22-18+. The molecule has 3 rings (SSSR count). The third-order valence-corrected chi connectivity index (χ3v) is 5.37. The van der Waals surface area contributed by atoms with E-state index in [0.29, 0.717) is 38.3 Å². The highest BCUT2D eigenvalue weighted by Crippen LogP contribution is 2.26. The number of carbonyl (C=O) groups is 2. The number of nitrogens with one attached hydrogen (secondary N) is 1. The van der Waals surface area contributed by atoms with Crippen LogP contribution in [0.25, 0.3) is 11.6 Å². The summed E-state index contributed by atoms with van der Waals surface area (Å²) in [7, 11) is 1.63. The van der Waals surface area contributed by atoms with Crippen LogP contribution in [0.15, 0.2) is 54.6 Å². The molecular formula is C25H31N3O3. The molecule has 2 amide bonds. The normalized spacial score (nSPS) is 15.3. The van der Waals surface area contributed by atoms with Crippen LogP contribution in [0.1, 0.15) is 24.5 Å². The summed E-state index contributed by atoms with van der Waals surface area (Å²) in [6.45, 7) is 5.66. The van der Waals surface area contributed by atoms with Gasteiger partial charge in [-0.15, -0.1) is 0 Å². The Bertz CT molecular complexity index is 911. The molecule has 1 aliphatic heterocycles. The zero-order valence-electron chi connectivity index (χ0n) is 18.3. The molecular weight excluding hydrogens is 390 g/mol. The van der Waals surface area contributed by atoms with Crippen molar-refractivity contribution in [3.05, 3.63) is 65.7 Å². The fourth-order valence-electron chi connectivity index (χ4n) is 3.79. The molecule has 0 unspecified atom stereocenters. The number of amides is 2. The van der Waals surface area contributed by atoms with Crippen molar-refractivity contribution in [3.63, 3.8) is 0 Å². The van der Waals surface area contributed by atoms with Crippen LogP contribution in [0, 0.1) is 0 Å². The number of methoxy groups -OCH3 is 1. The first-order valence-corrected chi connectivity index (χ1v) is 10.8. The van der Waals surface area contributed by atoms with Gasteiger partial charge in [0.15, 0.2) is 0 Å². The summed E-state index contributed by atoms with van der Waals surface area (Å²) in [5, 5.41) is 2.84. The van der Waals surface area contributed by atoms with Gasteiger partial charge in [-0.3, -0.25) is 14.5 Å². The summed E-state index contributed by atoms with van der Waals surface area (Å²) in [4.78, 5) is 29.6. The summed E-state index contributed by atoms with van der Waals surface area (Å²) in [6.07, 6.45) is 2.75. The van der Waals surface area contributed by atoms with E-state index in [1.54, 1.807) is 7.11 Å². The molecule has 0 atom stereocenters. The number of ether oxygens (including phenoxy) is 1. The number of rotatable bonds is 7. The average molecular weight is 422 g/mol. The van der Waals surface area contributed by atoms with Gasteiger partial charge in [0.2, 0.25) is 5.91 Å². The number of likely N-dealkylation sites (N-methyl/N-ethyl adjacent to an activating group) is 1. The molecule has 0 radical (unpaired) electrons. The highest BCUT2D eigenvalue weighted by Gasteiger charge is 2.24. The van der Waals surface area contributed by atoms with Gasteiger partial charge in [0.05, 0.1) is 13.7 Å². The lowest BCUT2D eigenvalue weighted by Crippen LogP contribution is -2.40. The maximum Gasteiger partial charge on any atom is 0.254 e. The minimum Gasteiger partial charge on any atom is -0.496 e. The Kier molecular flexibility index (Phi) is 8.24. The van der Waals surface area contributed by atoms with Gasteiger partial charge in [-0.2, -0.15) is 0 Å². The van der Waals surface area contributed by atoms with Crippen LogP contribution in [0.2, 0.25) is 0 Å². The van der Waals surface area contributed by atoms with Gasteiger partial charge < -0.3 is 15.0 Å². The van der Waals surface area contributed by atoms with E-state index in [0.717, 1.165) is 29.8 Å². The molecule has 1 heterocycles. The lowest BCUT2D eigenvalue weighted by Gasteiger charge is -2.23. The third-order valence-electron chi connectivity index (χ3n) is 5.37. The molecule has 0 saturated carbocycles. The molecule has 0 spiro atoms. The Hall–Kier alpha value is -3.12. The first kappa shape index (κ1) is 22.6. The molecule has 0 aliphatic carbocycles. The van der Waals surface area contributed by atoms with E-state index in [4.69, 9.17) is 4.74 Å². The average Bonchev–Trinajstić information content (AvgIpc) is 3.03. The maximum atomic E-state index is 13.6. The number of benzene rings is 2. The third kappa shape index (κ3) is 6.18. The second-order valence-corrected chi connectivity index (χ2v) is 7.54. The van der Waals surface area contributed by atoms with Crippen LogP contribution in [0.5, 0.6) is 5.75 Å². The Morgan fingerprint density at radius 3 is 2.48 bits per heavy atom. The molecule has 6 heteroatoms. The van der Waals surface area contributed by atoms with Gasteiger partial charge >= 0.3 is 0 Å². The molecule has 2 aromatic rings. The van der Waals surface area contributed by atoms with E-state index >= 15 is 0 Å². The Morgan fingerprint density at radius 1 is 1.00 bits per heavy atom. The molecule has 2 aromatic carbocycles. The first-order chi connectivity index (χ1) is 15.1. The lowest BCUT2D eigenvalue weighted by atomic mass is 10.0. The zero-order valence-corrected chi connectivity index (χ0v) is 18.3. The van der Waals surface area contributed by atoms with E-state index in [9.17, 15) is 9.59 Å². The van der Waals surface area contributed by atoms with Crippen molar-refractivity contribution < 1.29 is 14.3 Å². The van der Waals surface area contributed by atoms with Crippen molar-refractivity contribution >= 4 is 23.5 Å². The number of para-hydroxylation sites is 1. The zero-order chi connectivity index (χ0) is 22.1. The van der Waals surface area contributed by atoms with E-state index < -0.39 is 0 Å². The second-order valence-electron chi connectivity index (χ2n) is 7.54. The second kappa shape index (κ2) is 11.3. The minimum absolute atomic E-state index is 0.00281. The number of nitrogens with zero attached hydrogens (tertiary/aromatic N) is 2. The van der Waals surface area contributed by atoms with E-state index in [-0.39, 0.29) is 11.8 Å². The predicted molar refractivity (Wildman–Crippen MR) is 124 cm³/mol. The Balaban J connectivity index is 1.82. The molecule has 1 aliphatic rings. The van der Waals surface area contributed by atoms with E-state index in [1.807, 2.05) is 72.5 Å². The summed E-state index contributed by atoms with van der Waals surface area (Å²) in [5.74, 6) is 0.757. The summed E-state index contributed by atoms with van der Waals surface area (Å²) < 4.78 is 5.48. The van der Waals surface area contributed by atoms with Gasteiger partial charge in [0, 0.05) is 43.9 Å². The fraction of sp³-hybridized carbons (Fsp3) is 0.360. The molecule has 6 nitrogen and oxygen atoms in total. The number of hydrogen-bond donors (Lipinski definition) is 1. The molecule has 0 aromatic heterocycles. The van der Waals surface area contributed by atoms with Crippen molar-refractivity contribution in [1.82, 2.24) is 15.1 Å². The van der Waals surface area contributed by atoms with Crippen molar-refractivity contribution in [2.75, 3.05) is 46.4 Å². The molecule has 1 N–H and O–H groups in total. The quantitative estimate of drug-likeness (QED) is 0.552. The van der Waals surface area contributed by atoms with Crippen molar-refractivity contribution in [1.29, 1.82) is 0 Å². The molecule has 1 fully saturated rings. The minimum atomic E-state index is -0.00281. The predicted octanol–water partition coefficient (Wildman–Crippen LogP) is 2.91. The molecule has 164 valence electrons. The number of carbonyl (C=O) groups excluding carboxylic acids is 2. The highest BCUT2D eigenvalue weighted by molar-refractivity contribution is 6.24. The largest absolute Gasteiger partial charge is 0.496 e. The van der Waals surface area contributed by atoms with Crippen LogP contribution in [-0.4, -0.2) is 68.0 Å². The summed E-state index contributed by atoms with van der Waals surface area (Å²) >= 11 is 0. The summed E-state index contributed by atoms with van der Waals surface area (Å²) in [6, 6.07) is 17.4. The van der Waals surface area contributed by atoms with Crippen molar-refractivity contribution in [2.45, 2.75) is 13.3 Å². The van der Waals surface area contributed by atoms with E-state index in [2.05, 4.69) is 10.2 Å². The van der Waals surface area contributed by atoms with E-state index in [1.165, 1.54) is 0 Å². The molecule has 0 bridgehead atoms. The van der Waals surface area contributed by atoms with Crippen molar-refractivity contribution in [3.8, 4) is 5.75 Å². The number of hydrogen-bond acceptors (Lipinski definition) is 4. The maximum absolute atomic E-state index is 13.6. The monoisotopic (exact) mass is 421 g/mol. The topological polar surface area (TPSA) is 61.9 Å². The Labute approximate surface area is 184 Å². The van der Waals surface area contributed by atoms with Crippen LogP contribution >= 0.6 is 0 Å². The van der Waals surface area contributed by atoms with Gasteiger partial charge in [0.25, 0.3) is 5.91 Å². The van der Waals surface area contributed by atoms with Gasteiger partial charge in [-0.25, -0.2) is 0 Å². The van der Waals surface area contributed by atoms with Crippen LogP contribution in [0.3, 0.4) is 0 Å². The van der Waals surface area contributed by atoms with Crippen molar-refractivity contribution in [2.24, 2.45) is 0 Å². The highest BCUT2D eigenvalue weighted by atomic mass is 16.5. The lowest BCUT2D eigenvalue weighted by molar-refractivity contribution is -0.124. The summed E-state index contributed by atoms with van der Waals surface area (Å²) in [5.41, 5.74) is 2.38. The fourth-order valence-corrected chi connectivity index (χ4v) is 3.79. The first-order valence-electron chi connectivity index (χ1n) is 10.8. The molecule has 31 heavy (non-hydrogen) atoms. The Morgan fingerprint density at radius 2 is 1.74 bits per heavy atom. The van der Waals surface area contributed by atoms with Gasteiger partial charge in [-0.1, -0.05) is 48.5 Å². The van der Waals surface area contributed by atoms with Crippen LogP contribution < -0.4 is 10.1 Å². The van der Waals surface area contributed by atoms with Crippen LogP contribution in [-0.2, 0) is 9.59 Å². The SMILES string of the molecule is CCNC(=O)CN1CCCN(C(=O)/C(=C/c2ccccc2OC)c2ccccc2)CC1.